The Kier molecular flexibility index (Phi) is 3.47. The Morgan fingerprint density at radius 2 is 2.06 bits per heavy atom. The van der Waals surface area contributed by atoms with Gasteiger partial charge in [-0.15, -0.1) is 0 Å². The lowest BCUT2D eigenvalue weighted by Gasteiger charge is -2.27. The van der Waals surface area contributed by atoms with Gasteiger partial charge in [0.15, 0.2) is 11.5 Å². The van der Waals surface area contributed by atoms with Crippen LogP contribution >= 0.6 is 0 Å². The number of ketones is 1. The van der Waals surface area contributed by atoms with Crippen molar-refractivity contribution in [1.82, 2.24) is 0 Å². The van der Waals surface area contributed by atoms with Gasteiger partial charge >= 0.3 is 5.97 Å². The maximum atomic E-state index is 11.3. The molecule has 0 unspecified atom stereocenters. The summed E-state index contributed by atoms with van der Waals surface area (Å²) in [7, 11) is 1.47. The zero-order chi connectivity index (χ0) is 13.1. The van der Waals surface area contributed by atoms with Crippen molar-refractivity contribution in [2.24, 2.45) is 0 Å². The van der Waals surface area contributed by atoms with Crippen LogP contribution in [0.4, 0.5) is 0 Å². The minimum Gasteiger partial charge on any atom is -0.493 e. The standard InChI is InChI=1S/C12H12O6/c1-16-9-3-2-7(11(13)12(14)15)4-10(9)18-8-5-17-6-8/h2-4,8H,5-6H2,1H3,(H,14,15). The third-order valence-electron chi connectivity index (χ3n) is 2.52. The summed E-state index contributed by atoms with van der Waals surface area (Å²) in [5, 5.41) is 8.65. The first kappa shape index (κ1) is 12.4. The summed E-state index contributed by atoms with van der Waals surface area (Å²) >= 11 is 0. The Hall–Kier alpha value is -2.08. The fourth-order valence-corrected chi connectivity index (χ4v) is 1.50. The Bertz CT molecular complexity index is 477. The number of rotatable bonds is 5. The van der Waals surface area contributed by atoms with Crippen LogP contribution in [0.15, 0.2) is 18.2 Å². The topological polar surface area (TPSA) is 82.1 Å². The van der Waals surface area contributed by atoms with E-state index >= 15 is 0 Å². The van der Waals surface area contributed by atoms with Crippen molar-refractivity contribution < 1.29 is 28.9 Å². The molecule has 1 aliphatic rings. The quantitative estimate of drug-likeness (QED) is 0.614. The molecular formula is C12H12O6. The highest BCUT2D eigenvalue weighted by molar-refractivity contribution is 6.39. The van der Waals surface area contributed by atoms with E-state index in [1.54, 1.807) is 0 Å². The van der Waals surface area contributed by atoms with E-state index in [4.69, 9.17) is 19.3 Å². The van der Waals surface area contributed by atoms with Crippen molar-refractivity contribution in [3.8, 4) is 11.5 Å². The van der Waals surface area contributed by atoms with Crippen LogP contribution in [0.25, 0.3) is 0 Å². The summed E-state index contributed by atoms with van der Waals surface area (Å²) in [5.41, 5.74) is 0.0542. The molecule has 6 heteroatoms. The van der Waals surface area contributed by atoms with E-state index < -0.39 is 11.8 Å². The van der Waals surface area contributed by atoms with Gasteiger partial charge < -0.3 is 19.3 Å². The molecule has 1 saturated heterocycles. The van der Waals surface area contributed by atoms with Gasteiger partial charge in [-0.2, -0.15) is 0 Å². The summed E-state index contributed by atoms with van der Waals surface area (Å²) in [4.78, 5) is 22.0. The monoisotopic (exact) mass is 252 g/mol. The predicted molar refractivity (Wildman–Crippen MR) is 60.2 cm³/mol. The highest BCUT2D eigenvalue weighted by atomic mass is 16.6. The van der Waals surface area contributed by atoms with Gasteiger partial charge in [0.25, 0.3) is 5.78 Å². The molecule has 0 radical (unpaired) electrons. The van der Waals surface area contributed by atoms with Crippen molar-refractivity contribution >= 4 is 11.8 Å². The number of Topliss-reactive ketones (excluding diaryl/α,β-unsaturated/α-hetero) is 1. The molecule has 1 aromatic carbocycles. The molecule has 1 aromatic rings. The average Bonchev–Trinajstić information content (AvgIpc) is 2.32. The van der Waals surface area contributed by atoms with Gasteiger partial charge in [0.05, 0.1) is 20.3 Å². The van der Waals surface area contributed by atoms with E-state index in [0.29, 0.717) is 24.7 Å². The Morgan fingerprint density at radius 3 is 2.56 bits per heavy atom. The SMILES string of the molecule is COc1ccc(C(=O)C(=O)O)cc1OC1COC1. The molecule has 0 atom stereocenters. The Morgan fingerprint density at radius 1 is 1.33 bits per heavy atom. The molecule has 2 rings (SSSR count). The highest BCUT2D eigenvalue weighted by Crippen LogP contribution is 2.30. The number of carbonyl (C=O) groups excluding carboxylic acids is 1. The molecule has 0 aromatic heterocycles. The van der Waals surface area contributed by atoms with Gasteiger partial charge in [0.2, 0.25) is 0 Å². The van der Waals surface area contributed by atoms with Crippen LogP contribution in [0, 0.1) is 0 Å². The third kappa shape index (κ3) is 2.43. The largest absolute Gasteiger partial charge is 0.493 e. The molecular weight excluding hydrogens is 240 g/mol. The second-order valence-electron chi connectivity index (χ2n) is 3.78. The van der Waals surface area contributed by atoms with Crippen molar-refractivity contribution in [1.29, 1.82) is 0 Å². The summed E-state index contributed by atoms with van der Waals surface area (Å²) < 4.78 is 15.6. The molecule has 0 amide bonds. The predicted octanol–water partition coefficient (Wildman–Crippen LogP) is 0.740. The maximum absolute atomic E-state index is 11.3. The molecule has 0 saturated carbocycles. The van der Waals surface area contributed by atoms with Crippen LogP contribution in [0.2, 0.25) is 0 Å². The Labute approximate surface area is 103 Å². The number of hydrogen-bond donors (Lipinski definition) is 1. The fourth-order valence-electron chi connectivity index (χ4n) is 1.50. The normalized spacial score (nSPS) is 14.7. The molecule has 0 aliphatic carbocycles. The average molecular weight is 252 g/mol. The molecule has 1 heterocycles. The zero-order valence-corrected chi connectivity index (χ0v) is 9.71. The summed E-state index contributed by atoms with van der Waals surface area (Å²) in [6.07, 6.45) is -0.0888. The lowest BCUT2D eigenvalue weighted by molar-refractivity contribution is -0.131. The van der Waals surface area contributed by atoms with Crippen molar-refractivity contribution in [3.05, 3.63) is 23.8 Å². The zero-order valence-electron chi connectivity index (χ0n) is 9.71. The van der Waals surface area contributed by atoms with E-state index in [1.807, 2.05) is 0 Å². The van der Waals surface area contributed by atoms with Crippen molar-refractivity contribution in [2.45, 2.75) is 6.10 Å². The number of carboxylic acids is 1. The molecule has 0 bridgehead atoms. The number of methoxy groups -OCH3 is 1. The molecule has 1 N–H and O–H groups in total. The van der Waals surface area contributed by atoms with E-state index in [1.165, 1.54) is 25.3 Å². The number of ether oxygens (including phenoxy) is 3. The van der Waals surface area contributed by atoms with E-state index in [-0.39, 0.29) is 11.7 Å². The number of benzene rings is 1. The molecule has 0 spiro atoms. The summed E-state index contributed by atoms with van der Waals surface area (Å²) in [6.45, 7) is 0.945. The lowest BCUT2D eigenvalue weighted by Crippen LogP contribution is -2.38. The van der Waals surface area contributed by atoms with Crippen LogP contribution in [-0.2, 0) is 9.53 Å². The van der Waals surface area contributed by atoms with Gasteiger partial charge in [-0.3, -0.25) is 4.79 Å². The first-order valence-electron chi connectivity index (χ1n) is 5.32. The minimum absolute atomic E-state index is 0.0542. The first-order valence-corrected chi connectivity index (χ1v) is 5.32. The van der Waals surface area contributed by atoms with Crippen molar-refractivity contribution in [3.63, 3.8) is 0 Å². The Balaban J connectivity index is 2.26. The van der Waals surface area contributed by atoms with Crippen LogP contribution in [0.5, 0.6) is 11.5 Å². The van der Waals surface area contributed by atoms with Crippen LogP contribution in [-0.4, -0.2) is 43.3 Å². The van der Waals surface area contributed by atoms with E-state index in [0.717, 1.165) is 0 Å². The number of hydrogen-bond acceptors (Lipinski definition) is 5. The van der Waals surface area contributed by atoms with Gasteiger partial charge in [-0.05, 0) is 18.2 Å². The number of carbonyl (C=O) groups is 2. The van der Waals surface area contributed by atoms with Gasteiger partial charge in [0.1, 0.15) is 6.10 Å². The summed E-state index contributed by atoms with van der Waals surface area (Å²) in [6, 6.07) is 4.26. The second-order valence-corrected chi connectivity index (χ2v) is 3.78. The van der Waals surface area contributed by atoms with Crippen LogP contribution in [0.3, 0.4) is 0 Å². The fraction of sp³-hybridized carbons (Fsp3) is 0.333. The van der Waals surface area contributed by atoms with Gasteiger partial charge in [0, 0.05) is 5.56 Å². The van der Waals surface area contributed by atoms with Gasteiger partial charge in [-0.25, -0.2) is 4.79 Å². The second kappa shape index (κ2) is 5.05. The lowest BCUT2D eigenvalue weighted by atomic mass is 10.1. The van der Waals surface area contributed by atoms with Gasteiger partial charge in [-0.1, -0.05) is 0 Å². The van der Waals surface area contributed by atoms with Crippen LogP contribution in [0.1, 0.15) is 10.4 Å². The number of aliphatic carboxylic acids is 1. The number of carboxylic acid groups (broad SMARTS) is 1. The first-order chi connectivity index (χ1) is 8.61. The molecule has 18 heavy (non-hydrogen) atoms. The smallest absolute Gasteiger partial charge is 0.377 e. The third-order valence-corrected chi connectivity index (χ3v) is 2.52. The van der Waals surface area contributed by atoms with Crippen LogP contribution < -0.4 is 9.47 Å². The van der Waals surface area contributed by atoms with Crippen molar-refractivity contribution in [2.75, 3.05) is 20.3 Å². The molecule has 1 aliphatic heterocycles. The molecule has 96 valence electrons. The molecule has 6 nitrogen and oxygen atoms in total. The maximum Gasteiger partial charge on any atom is 0.377 e. The minimum atomic E-state index is -1.50. The molecule has 1 fully saturated rings. The van der Waals surface area contributed by atoms with E-state index in [9.17, 15) is 9.59 Å². The highest BCUT2D eigenvalue weighted by Gasteiger charge is 2.23. The summed E-state index contributed by atoms with van der Waals surface area (Å²) in [5.74, 6) is -1.69. The van der Waals surface area contributed by atoms with E-state index in [2.05, 4.69) is 0 Å².